The predicted molar refractivity (Wildman–Crippen MR) is 50.0 cm³/mol. The number of methoxy groups -OCH3 is 1. The number of carbonyl (C=O) groups excluding carboxylic acids is 1. The number of hydrogen-bond acceptors (Lipinski definition) is 4. The standard InChI is InChI=1S/C9H14N2O3/c1-7-10-6-8(9(13)14-2)11(7)4-3-5-12/h6,12H,3-5H2,1-2H3. The maximum atomic E-state index is 11.3. The fraction of sp³-hybridized carbons (Fsp3) is 0.556. The third-order valence-corrected chi connectivity index (χ3v) is 1.99. The molecule has 14 heavy (non-hydrogen) atoms. The van der Waals surface area contributed by atoms with Crippen molar-refractivity contribution in [3.63, 3.8) is 0 Å². The zero-order valence-electron chi connectivity index (χ0n) is 8.36. The molecule has 5 nitrogen and oxygen atoms in total. The minimum Gasteiger partial charge on any atom is -0.464 e. The van der Waals surface area contributed by atoms with E-state index in [2.05, 4.69) is 9.72 Å². The Morgan fingerprint density at radius 3 is 3.00 bits per heavy atom. The van der Waals surface area contributed by atoms with E-state index in [0.717, 1.165) is 5.82 Å². The normalized spacial score (nSPS) is 10.2. The monoisotopic (exact) mass is 198 g/mol. The molecule has 0 spiro atoms. The molecule has 0 aliphatic heterocycles. The molecule has 0 unspecified atom stereocenters. The van der Waals surface area contributed by atoms with Crippen LogP contribution in [0.3, 0.4) is 0 Å². The van der Waals surface area contributed by atoms with Crippen LogP contribution in [0.4, 0.5) is 0 Å². The number of ether oxygens (including phenoxy) is 1. The molecule has 0 fully saturated rings. The Morgan fingerprint density at radius 2 is 2.43 bits per heavy atom. The maximum absolute atomic E-state index is 11.3. The van der Waals surface area contributed by atoms with Gasteiger partial charge in [-0.2, -0.15) is 0 Å². The van der Waals surface area contributed by atoms with Crippen LogP contribution in [0, 0.1) is 6.92 Å². The molecule has 78 valence electrons. The van der Waals surface area contributed by atoms with Gasteiger partial charge in [0.1, 0.15) is 11.5 Å². The van der Waals surface area contributed by atoms with Crippen LogP contribution in [0.5, 0.6) is 0 Å². The number of esters is 1. The van der Waals surface area contributed by atoms with Crippen LogP contribution in [0.15, 0.2) is 6.20 Å². The van der Waals surface area contributed by atoms with Crippen LogP contribution in [0.1, 0.15) is 22.7 Å². The highest BCUT2D eigenvalue weighted by molar-refractivity contribution is 5.87. The summed E-state index contributed by atoms with van der Waals surface area (Å²) in [5.74, 6) is 0.349. The Labute approximate surface area is 82.3 Å². The van der Waals surface area contributed by atoms with Gasteiger partial charge in [-0.3, -0.25) is 0 Å². The van der Waals surface area contributed by atoms with Gasteiger partial charge in [0.15, 0.2) is 0 Å². The van der Waals surface area contributed by atoms with E-state index in [1.807, 2.05) is 6.92 Å². The number of carbonyl (C=O) groups is 1. The minimum atomic E-state index is -0.400. The molecular weight excluding hydrogens is 184 g/mol. The molecule has 5 heteroatoms. The fourth-order valence-electron chi connectivity index (χ4n) is 1.25. The van der Waals surface area contributed by atoms with E-state index in [0.29, 0.717) is 18.7 Å². The van der Waals surface area contributed by atoms with Gasteiger partial charge in [0.05, 0.1) is 13.3 Å². The van der Waals surface area contributed by atoms with Crippen molar-refractivity contribution >= 4 is 5.97 Å². The molecule has 0 aromatic carbocycles. The Hall–Kier alpha value is -1.36. The van der Waals surface area contributed by atoms with Crippen LogP contribution in [0.2, 0.25) is 0 Å². The Kier molecular flexibility index (Phi) is 3.64. The van der Waals surface area contributed by atoms with Gasteiger partial charge in [-0.25, -0.2) is 9.78 Å². The van der Waals surface area contributed by atoms with Crippen molar-refractivity contribution in [1.82, 2.24) is 9.55 Å². The van der Waals surface area contributed by atoms with Gasteiger partial charge in [-0.1, -0.05) is 0 Å². The molecule has 1 aromatic rings. The summed E-state index contributed by atoms with van der Waals surface area (Å²) in [6.45, 7) is 2.48. The molecule has 0 saturated carbocycles. The van der Waals surface area contributed by atoms with E-state index >= 15 is 0 Å². The van der Waals surface area contributed by atoms with Gasteiger partial charge in [0.25, 0.3) is 0 Å². The van der Waals surface area contributed by atoms with E-state index in [-0.39, 0.29) is 6.61 Å². The minimum absolute atomic E-state index is 0.0955. The van der Waals surface area contributed by atoms with Crippen LogP contribution in [0.25, 0.3) is 0 Å². The van der Waals surface area contributed by atoms with Crippen molar-refractivity contribution in [1.29, 1.82) is 0 Å². The summed E-state index contributed by atoms with van der Waals surface area (Å²) >= 11 is 0. The second-order valence-corrected chi connectivity index (χ2v) is 2.91. The topological polar surface area (TPSA) is 64.3 Å². The van der Waals surface area contributed by atoms with E-state index in [1.54, 1.807) is 4.57 Å². The second kappa shape index (κ2) is 4.76. The molecule has 0 aliphatic carbocycles. The number of hydrogen-bond donors (Lipinski definition) is 1. The lowest BCUT2D eigenvalue weighted by molar-refractivity contribution is 0.0587. The lowest BCUT2D eigenvalue weighted by Crippen LogP contribution is -2.12. The molecule has 0 amide bonds. The van der Waals surface area contributed by atoms with Crippen LogP contribution in [-0.2, 0) is 11.3 Å². The van der Waals surface area contributed by atoms with Crippen LogP contribution in [-0.4, -0.2) is 34.3 Å². The number of aromatic nitrogens is 2. The number of aliphatic hydroxyl groups is 1. The zero-order valence-corrected chi connectivity index (χ0v) is 8.36. The SMILES string of the molecule is COC(=O)c1cnc(C)n1CCCO. The molecule has 0 radical (unpaired) electrons. The molecule has 0 atom stereocenters. The van der Waals surface area contributed by atoms with Gasteiger partial charge in [-0.05, 0) is 13.3 Å². The van der Waals surface area contributed by atoms with E-state index in [1.165, 1.54) is 13.3 Å². The lowest BCUT2D eigenvalue weighted by atomic mass is 10.4. The van der Waals surface area contributed by atoms with Gasteiger partial charge in [-0.15, -0.1) is 0 Å². The third kappa shape index (κ3) is 2.11. The van der Waals surface area contributed by atoms with Gasteiger partial charge < -0.3 is 14.4 Å². The smallest absolute Gasteiger partial charge is 0.356 e. The lowest BCUT2D eigenvalue weighted by Gasteiger charge is -2.07. The highest BCUT2D eigenvalue weighted by Crippen LogP contribution is 2.07. The summed E-state index contributed by atoms with van der Waals surface area (Å²) in [7, 11) is 1.33. The molecule has 0 bridgehead atoms. The second-order valence-electron chi connectivity index (χ2n) is 2.91. The summed E-state index contributed by atoms with van der Waals surface area (Å²) in [5.41, 5.74) is 0.429. The van der Waals surface area contributed by atoms with Gasteiger partial charge in [0, 0.05) is 13.2 Å². The van der Waals surface area contributed by atoms with Crippen molar-refractivity contribution in [2.24, 2.45) is 0 Å². The molecule has 0 saturated heterocycles. The first-order valence-electron chi connectivity index (χ1n) is 4.42. The highest BCUT2D eigenvalue weighted by atomic mass is 16.5. The van der Waals surface area contributed by atoms with Crippen molar-refractivity contribution in [2.75, 3.05) is 13.7 Å². The molecule has 0 aliphatic rings. The third-order valence-electron chi connectivity index (χ3n) is 1.99. The number of imidazole rings is 1. The molecule has 1 heterocycles. The summed E-state index contributed by atoms with van der Waals surface area (Å²) in [6, 6.07) is 0. The van der Waals surface area contributed by atoms with Gasteiger partial charge in [0.2, 0.25) is 0 Å². The molecule has 1 N–H and O–H groups in total. The Balaban J connectivity index is 2.88. The number of aryl methyl sites for hydroxylation is 1. The molecule has 1 rings (SSSR count). The Morgan fingerprint density at radius 1 is 1.71 bits per heavy atom. The zero-order chi connectivity index (χ0) is 10.6. The first-order chi connectivity index (χ1) is 6.70. The summed E-state index contributed by atoms with van der Waals surface area (Å²) < 4.78 is 6.35. The quantitative estimate of drug-likeness (QED) is 0.709. The molecule has 1 aromatic heterocycles. The average molecular weight is 198 g/mol. The summed E-state index contributed by atoms with van der Waals surface area (Å²) in [5, 5.41) is 8.69. The summed E-state index contributed by atoms with van der Waals surface area (Å²) in [6.07, 6.45) is 2.08. The predicted octanol–water partition coefficient (Wildman–Crippen LogP) is 0.361. The van der Waals surface area contributed by atoms with E-state index < -0.39 is 5.97 Å². The van der Waals surface area contributed by atoms with E-state index in [9.17, 15) is 4.79 Å². The largest absolute Gasteiger partial charge is 0.464 e. The maximum Gasteiger partial charge on any atom is 0.356 e. The number of aliphatic hydroxyl groups excluding tert-OH is 1. The highest BCUT2D eigenvalue weighted by Gasteiger charge is 2.13. The van der Waals surface area contributed by atoms with Crippen molar-refractivity contribution in [2.45, 2.75) is 19.9 Å². The van der Waals surface area contributed by atoms with Gasteiger partial charge >= 0.3 is 5.97 Å². The average Bonchev–Trinajstić information content (AvgIpc) is 2.56. The van der Waals surface area contributed by atoms with E-state index in [4.69, 9.17) is 5.11 Å². The summed E-state index contributed by atoms with van der Waals surface area (Å²) in [4.78, 5) is 15.3. The Bertz CT molecular complexity index is 320. The van der Waals surface area contributed by atoms with Crippen molar-refractivity contribution in [3.05, 3.63) is 17.7 Å². The first-order valence-corrected chi connectivity index (χ1v) is 4.42. The van der Waals surface area contributed by atoms with Crippen molar-refractivity contribution in [3.8, 4) is 0 Å². The number of nitrogens with zero attached hydrogens (tertiary/aromatic N) is 2. The first kappa shape index (κ1) is 10.7. The van der Waals surface area contributed by atoms with Crippen LogP contribution < -0.4 is 0 Å². The molecular formula is C9H14N2O3. The fourth-order valence-corrected chi connectivity index (χ4v) is 1.25. The number of rotatable bonds is 4. The van der Waals surface area contributed by atoms with Crippen LogP contribution >= 0.6 is 0 Å². The van der Waals surface area contributed by atoms with Crippen molar-refractivity contribution < 1.29 is 14.6 Å².